The van der Waals surface area contributed by atoms with Gasteiger partial charge in [-0.2, -0.15) is 30.6 Å². The van der Waals surface area contributed by atoms with Crippen molar-refractivity contribution in [3.8, 4) is 0 Å². The molecule has 0 bridgehead atoms. The number of hydrogen-bond acceptors (Lipinski definition) is 6. The second-order valence-electron chi connectivity index (χ2n) is 8.17. The van der Waals surface area contributed by atoms with Crippen molar-refractivity contribution in [2.75, 3.05) is 30.3 Å². The van der Waals surface area contributed by atoms with Crippen LogP contribution in [0.2, 0.25) is 0 Å². The van der Waals surface area contributed by atoms with Crippen LogP contribution < -0.4 is 10.6 Å². The van der Waals surface area contributed by atoms with Crippen molar-refractivity contribution >= 4 is 21.5 Å². The summed E-state index contributed by atoms with van der Waals surface area (Å²) in [5.74, 6) is 0.157. The van der Waals surface area contributed by atoms with E-state index in [1.165, 1.54) is 16.4 Å². The van der Waals surface area contributed by atoms with Crippen LogP contribution in [-0.2, 0) is 15.6 Å². The Hall–Kier alpha value is -2.58. The number of piperazine rings is 1. The number of nitrogens with two attached hydrogens (primary N) is 1. The largest absolute Gasteiger partial charge is 0.430 e. The first kappa shape index (κ1) is 27.0. The minimum Gasteiger partial charge on any atom is -0.384 e. The summed E-state index contributed by atoms with van der Waals surface area (Å²) in [4.78, 5) is 5.50. The van der Waals surface area contributed by atoms with E-state index in [4.69, 9.17) is 5.73 Å². The molecule has 14 heteroatoms. The SMILES string of the molecule is CCC[C@H]1CN(S(=O)(=O)c2ccc(N)nc2)CCN1c1ccc(C(O)(C(F)(F)F)C(F)(F)F)cc1. The third-order valence-electron chi connectivity index (χ3n) is 5.90. The summed E-state index contributed by atoms with van der Waals surface area (Å²) in [6.07, 6.45) is -9.64. The fraction of sp³-hybridized carbons (Fsp3) is 0.476. The highest BCUT2D eigenvalue weighted by atomic mass is 32.2. The third kappa shape index (κ3) is 5.05. The molecule has 35 heavy (non-hydrogen) atoms. The average Bonchev–Trinajstić information content (AvgIpc) is 2.77. The normalized spacial score (nSPS) is 18.6. The summed E-state index contributed by atoms with van der Waals surface area (Å²) < 4.78 is 106. The molecule has 0 aliphatic carbocycles. The quantitative estimate of drug-likeness (QED) is 0.558. The van der Waals surface area contributed by atoms with Gasteiger partial charge in [-0.15, -0.1) is 0 Å². The molecule has 1 aromatic heterocycles. The molecular formula is C21H24F6N4O3S. The molecule has 7 nitrogen and oxygen atoms in total. The number of alkyl halides is 6. The van der Waals surface area contributed by atoms with E-state index >= 15 is 0 Å². The first-order valence-electron chi connectivity index (χ1n) is 10.6. The highest BCUT2D eigenvalue weighted by Crippen LogP contribution is 2.50. The molecule has 0 unspecified atom stereocenters. The standard InChI is InChI=1S/C21H24F6N4O3S/c1-2-3-16-13-30(35(33,34)17-8-9-18(28)29-12-17)10-11-31(16)15-6-4-14(5-7-15)19(32,20(22,23)24)21(25,26)27/h4-9,12,16,32H,2-3,10-11,13H2,1H3,(H2,28,29)/t16-/m0/s1. The Morgan fingerprint density at radius 2 is 1.63 bits per heavy atom. The molecule has 2 aromatic rings. The summed E-state index contributed by atoms with van der Waals surface area (Å²) in [7, 11) is -3.89. The van der Waals surface area contributed by atoms with Crippen molar-refractivity contribution in [2.45, 2.75) is 48.7 Å². The minimum absolute atomic E-state index is 0.0315. The number of rotatable bonds is 6. The van der Waals surface area contributed by atoms with Crippen LogP contribution in [0.25, 0.3) is 0 Å². The zero-order chi connectivity index (χ0) is 26.2. The Labute approximate surface area is 198 Å². The molecule has 0 saturated carbocycles. The van der Waals surface area contributed by atoms with Gasteiger partial charge in [0.05, 0.1) is 0 Å². The maximum Gasteiger partial charge on any atom is 0.430 e. The number of halogens is 6. The van der Waals surface area contributed by atoms with Gasteiger partial charge in [0, 0.05) is 43.1 Å². The summed E-state index contributed by atoms with van der Waals surface area (Å²) in [6.45, 7) is 2.10. The van der Waals surface area contributed by atoms with Crippen molar-refractivity contribution in [3.05, 3.63) is 48.2 Å². The highest BCUT2D eigenvalue weighted by molar-refractivity contribution is 7.89. The molecule has 1 aliphatic heterocycles. The molecule has 3 N–H and O–H groups in total. The fourth-order valence-corrected chi connectivity index (χ4v) is 5.46. The van der Waals surface area contributed by atoms with Gasteiger partial charge in [0.15, 0.2) is 0 Å². The summed E-state index contributed by atoms with van der Waals surface area (Å²) in [6, 6.07) is 5.60. The fourth-order valence-electron chi connectivity index (χ4n) is 4.04. The Kier molecular flexibility index (Phi) is 7.31. The molecule has 1 atom stereocenters. The van der Waals surface area contributed by atoms with Gasteiger partial charge in [-0.1, -0.05) is 25.5 Å². The van der Waals surface area contributed by atoms with E-state index < -0.39 is 33.5 Å². The van der Waals surface area contributed by atoms with Gasteiger partial charge in [0.2, 0.25) is 10.0 Å². The number of pyridine rings is 1. The summed E-state index contributed by atoms with van der Waals surface area (Å²) in [5.41, 5.74) is -0.548. The predicted molar refractivity (Wildman–Crippen MR) is 116 cm³/mol. The highest BCUT2D eigenvalue weighted by Gasteiger charge is 2.71. The maximum atomic E-state index is 13.2. The van der Waals surface area contributed by atoms with Gasteiger partial charge in [-0.3, -0.25) is 0 Å². The number of aromatic nitrogens is 1. The van der Waals surface area contributed by atoms with E-state index in [0.717, 1.165) is 18.3 Å². The Balaban J connectivity index is 1.87. The van der Waals surface area contributed by atoms with E-state index in [2.05, 4.69) is 4.98 Å². The number of benzene rings is 1. The van der Waals surface area contributed by atoms with Crippen LogP contribution in [-0.4, -0.2) is 60.8 Å². The summed E-state index contributed by atoms with van der Waals surface area (Å²) in [5, 5.41) is 9.59. The van der Waals surface area contributed by atoms with Crippen LogP contribution in [0.5, 0.6) is 0 Å². The smallest absolute Gasteiger partial charge is 0.384 e. The van der Waals surface area contributed by atoms with Crippen LogP contribution in [0.15, 0.2) is 47.5 Å². The van der Waals surface area contributed by atoms with Crippen LogP contribution in [0.4, 0.5) is 37.8 Å². The van der Waals surface area contributed by atoms with E-state index in [-0.39, 0.29) is 36.4 Å². The number of hydrogen-bond donors (Lipinski definition) is 2. The second-order valence-corrected chi connectivity index (χ2v) is 10.1. The van der Waals surface area contributed by atoms with Gasteiger partial charge in [0.1, 0.15) is 10.7 Å². The number of nitrogen functional groups attached to an aromatic ring is 1. The lowest BCUT2D eigenvalue weighted by atomic mass is 9.92. The van der Waals surface area contributed by atoms with Crippen molar-refractivity contribution in [2.24, 2.45) is 0 Å². The Bertz CT molecular complexity index is 1110. The molecule has 0 spiro atoms. The van der Waals surface area contributed by atoms with E-state index in [9.17, 15) is 39.9 Å². The molecule has 1 saturated heterocycles. The first-order chi connectivity index (χ1) is 16.1. The van der Waals surface area contributed by atoms with Gasteiger partial charge in [-0.05, 0) is 30.7 Å². The van der Waals surface area contributed by atoms with Crippen molar-refractivity contribution in [1.82, 2.24) is 9.29 Å². The molecule has 1 fully saturated rings. The lowest BCUT2D eigenvalue weighted by Crippen LogP contribution is -2.55. The van der Waals surface area contributed by atoms with E-state index in [0.29, 0.717) is 30.7 Å². The lowest BCUT2D eigenvalue weighted by Gasteiger charge is -2.42. The Morgan fingerprint density at radius 3 is 2.11 bits per heavy atom. The lowest BCUT2D eigenvalue weighted by molar-refractivity contribution is -0.376. The summed E-state index contributed by atoms with van der Waals surface area (Å²) >= 11 is 0. The monoisotopic (exact) mass is 526 g/mol. The van der Waals surface area contributed by atoms with Crippen molar-refractivity contribution in [1.29, 1.82) is 0 Å². The molecule has 2 heterocycles. The van der Waals surface area contributed by atoms with Crippen molar-refractivity contribution < 1.29 is 39.9 Å². The van der Waals surface area contributed by atoms with Crippen LogP contribution in [0, 0.1) is 0 Å². The predicted octanol–water partition coefficient (Wildman–Crippen LogP) is 3.66. The van der Waals surface area contributed by atoms with Crippen LogP contribution >= 0.6 is 0 Å². The maximum absolute atomic E-state index is 13.2. The van der Waals surface area contributed by atoms with Gasteiger partial charge in [-0.25, -0.2) is 13.4 Å². The Morgan fingerprint density at radius 1 is 1.03 bits per heavy atom. The number of nitrogens with zero attached hydrogens (tertiary/aromatic N) is 3. The molecule has 0 radical (unpaired) electrons. The van der Waals surface area contributed by atoms with Crippen LogP contribution in [0.3, 0.4) is 0 Å². The average molecular weight is 527 g/mol. The number of aliphatic hydroxyl groups is 1. The van der Waals surface area contributed by atoms with Gasteiger partial charge in [0.25, 0.3) is 5.60 Å². The molecule has 3 rings (SSSR count). The second kappa shape index (κ2) is 9.47. The minimum atomic E-state index is -5.98. The van der Waals surface area contributed by atoms with Crippen molar-refractivity contribution in [3.63, 3.8) is 0 Å². The zero-order valence-electron chi connectivity index (χ0n) is 18.5. The van der Waals surface area contributed by atoms with Crippen LogP contribution in [0.1, 0.15) is 25.3 Å². The molecule has 0 amide bonds. The van der Waals surface area contributed by atoms with Gasteiger partial charge >= 0.3 is 12.4 Å². The molecule has 1 aliphatic rings. The topological polar surface area (TPSA) is 99.8 Å². The number of sulfonamides is 1. The number of anilines is 2. The van der Waals surface area contributed by atoms with E-state index in [1.807, 2.05) is 6.92 Å². The molecule has 194 valence electrons. The first-order valence-corrected chi connectivity index (χ1v) is 12.0. The molecule has 1 aromatic carbocycles. The molecular weight excluding hydrogens is 502 g/mol. The zero-order valence-corrected chi connectivity index (χ0v) is 19.3. The van der Waals surface area contributed by atoms with E-state index in [1.54, 1.807) is 4.90 Å². The third-order valence-corrected chi connectivity index (χ3v) is 7.75. The van der Waals surface area contributed by atoms with Gasteiger partial charge < -0.3 is 15.7 Å².